The summed E-state index contributed by atoms with van der Waals surface area (Å²) in [7, 11) is 1.62. The first-order valence-corrected chi connectivity index (χ1v) is 7.50. The largest absolute Gasteiger partial charge is 0.507 e. The molecule has 0 unspecified atom stereocenters. The van der Waals surface area contributed by atoms with Crippen molar-refractivity contribution in [2.24, 2.45) is 4.99 Å². The van der Waals surface area contributed by atoms with Crippen LogP contribution in [0.4, 0.5) is 5.69 Å². The van der Waals surface area contributed by atoms with Crippen molar-refractivity contribution in [3.63, 3.8) is 0 Å². The molecule has 0 spiro atoms. The van der Waals surface area contributed by atoms with Crippen molar-refractivity contribution >= 4 is 17.9 Å². The van der Waals surface area contributed by atoms with E-state index in [2.05, 4.69) is 4.99 Å². The number of aromatic nitrogens is 1. The molecule has 0 aliphatic heterocycles. The zero-order valence-electron chi connectivity index (χ0n) is 13.5. The highest BCUT2D eigenvalue weighted by Gasteiger charge is 2.09. The summed E-state index contributed by atoms with van der Waals surface area (Å²) < 4.78 is 7.10. The Morgan fingerprint density at radius 1 is 1.16 bits per heavy atom. The van der Waals surface area contributed by atoms with Crippen molar-refractivity contribution in [3.05, 3.63) is 72.1 Å². The number of carboxylic acid groups (broad SMARTS) is 1. The van der Waals surface area contributed by atoms with Crippen LogP contribution in [-0.4, -0.2) is 34.1 Å². The SMILES string of the molecule is COc1ccc(-n2cccc2C=Nc2ccc(O)c(C(=O)O)c2)cc1. The lowest BCUT2D eigenvalue weighted by Crippen LogP contribution is -1.98. The molecule has 25 heavy (non-hydrogen) atoms. The van der Waals surface area contributed by atoms with E-state index in [0.717, 1.165) is 17.1 Å². The molecule has 6 nitrogen and oxygen atoms in total. The van der Waals surface area contributed by atoms with Gasteiger partial charge < -0.3 is 19.5 Å². The van der Waals surface area contributed by atoms with Crippen molar-refractivity contribution in [3.8, 4) is 17.2 Å². The number of methoxy groups -OCH3 is 1. The van der Waals surface area contributed by atoms with Crippen LogP contribution in [0.1, 0.15) is 16.1 Å². The first-order valence-electron chi connectivity index (χ1n) is 7.50. The number of rotatable bonds is 5. The number of nitrogens with zero attached hydrogens (tertiary/aromatic N) is 2. The fraction of sp³-hybridized carbons (Fsp3) is 0.0526. The standard InChI is InChI=1S/C19H16N2O4/c1-25-16-7-5-14(6-8-16)21-10-2-3-15(21)12-20-13-4-9-18(22)17(11-13)19(23)24/h2-12,22H,1H3,(H,23,24). The Hall–Kier alpha value is -3.54. The maximum absolute atomic E-state index is 11.1. The first-order chi connectivity index (χ1) is 12.1. The highest BCUT2D eigenvalue weighted by Crippen LogP contribution is 2.23. The molecule has 0 aliphatic carbocycles. The topological polar surface area (TPSA) is 84.0 Å². The summed E-state index contributed by atoms with van der Waals surface area (Å²) in [6, 6.07) is 15.6. The first kappa shape index (κ1) is 16.3. The lowest BCUT2D eigenvalue weighted by Gasteiger charge is -2.07. The molecule has 2 N–H and O–H groups in total. The van der Waals surface area contributed by atoms with Gasteiger partial charge in [-0.2, -0.15) is 0 Å². The van der Waals surface area contributed by atoms with Gasteiger partial charge in [0.25, 0.3) is 0 Å². The Morgan fingerprint density at radius 3 is 2.60 bits per heavy atom. The summed E-state index contributed by atoms with van der Waals surface area (Å²) in [5, 5.41) is 18.6. The molecule has 0 aliphatic rings. The molecule has 6 heteroatoms. The van der Waals surface area contributed by atoms with Gasteiger partial charge in [0.05, 0.1) is 24.7 Å². The highest BCUT2D eigenvalue weighted by atomic mass is 16.5. The summed E-state index contributed by atoms with van der Waals surface area (Å²) in [6.07, 6.45) is 3.55. The number of hydrogen-bond acceptors (Lipinski definition) is 4. The number of carbonyl (C=O) groups is 1. The zero-order valence-corrected chi connectivity index (χ0v) is 13.5. The fourth-order valence-electron chi connectivity index (χ4n) is 2.39. The third-order valence-electron chi connectivity index (χ3n) is 3.69. The van der Waals surface area contributed by atoms with Crippen LogP contribution in [0.3, 0.4) is 0 Å². The Balaban J connectivity index is 1.89. The molecule has 0 saturated heterocycles. The van der Waals surface area contributed by atoms with E-state index in [1.807, 2.05) is 47.2 Å². The molecule has 1 heterocycles. The molecule has 1 aromatic heterocycles. The van der Waals surface area contributed by atoms with Crippen LogP contribution in [0.15, 0.2) is 65.8 Å². The van der Waals surface area contributed by atoms with Gasteiger partial charge in [0.2, 0.25) is 0 Å². The van der Waals surface area contributed by atoms with Crippen LogP contribution in [0.2, 0.25) is 0 Å². The minimum Gasteiger partial charge on any atom is -0.507 e. The molecule has 3 aromatic rings. The van der Waals surface area contributed by atoms with Crippen molar-refractivity contribution in [2.45, 2.75) is 0 Å². The number of ether oxygens (including phenoxy) is 1. The predicted molar refractivity (Wildman–Crippen MR) is 94.6 cm³/mol. The average molecular weight is 336 g/mol. The van der Waals surface area contributed by atoms with Gasteiger partial charge in [-0.05, 0) is 54.6 Å². The zero-order chi connectivity index (χ0) is 17.8. The smallest absolute Gasteiger partial charge is 0.339 e. The van der Waals surface area contributed by atoms with E-state index in [0.29, 0.717) is 5.69 Å². The molecule has 0 radical (unpaired) electrons. The van der Waals surface area contributed by atoms with E-state index in [1.165, 1.54) is 12.1 Å². The molecule has 126 valence electrons. The van der Waals surface area contributed by atoms with Crippen LogP contribution in [0, 0.1) is 0 Å². The minimum absolute atomic E-state index is 0.180. The number of aromatic carboxylic acids is 1. The third-order valence-corrected chi connectivity index (χ3v) is 3.69. The molecule has 3 rings (SSSR count). The van der Waals surface area contributed by atoms with Crippen LogP contribution in [-0.2, 0) is 0 Å². The Kier molecular flexibility index (Phi) is 4.52. The number of benzene rings is 2. The van der Waals surface area contributed by atoms with Gasteiger partial charge in [0, 0.05) is 11.9 Å². The van der Waals surface area contributed by atoms with Gasteiger partial charge in [-0.15, -0.1) is 0 Å². The van der Waals surface area contributed by atoms with E-state index >= 15 is 0 Å². The molecule has 2 aromatic carbocycles. The van der Waals surface area contributed by atoms with E-state index in [1.54, 1.807) is 19.4 Å². The third kappa shape index (κ3) is 3.53. The van der Waals surface area contributed by atoms with Crippen molar-refractivity contribution < 1.29 is 19.7 Å². The maximum Gasteiger partial charge on any atom is 0.339 e. The Morgan fingerprint density at radius 2 is 1.92 bits per heavy atom. The van der Waals surface area contributed by atoms with E-state index in [9.17, 15) is 9.90 Å². The Labute approximate surface area is 144 Å². The van der Waals surface area contributed by atoms with E-state index in [4.69, 9.17) is 9.84 Å². The maximum atomic E-state index is 11.1. The number of hydrogen-bond donors (Lipinski definition) is 2. The normalized spacial score (nSPS) is 10.9. The lowest BCUT2D eigenvalue weighted by molar-refractivity contribution is 0.0694. The quantitative estimate of drug-likeness (QED) is 0.697. The van der Waals surface area contributed by atoms with Crippen LogP contribution >= 0.6 is 0 Å². The van der Waals surface area contributed by atoms with E-state index < -0.39 is 5.97 Å². The molecule has 0 bridgehead atoms. The van der Waals surface area contributed by atoms with Crippen molar-refractivity contribution in [2.75, 3.05) is 7.11 Å². The van der Waals surface area contributed by atoms with Crippen molar-refractivity contribution in [1.82, 2.24) is 4.57 Å². The molecular formula is C19H16N2O4. The number of aliphatic imine (C=N–C) groups is 1. The predicted octanol–water partition coefficient (Wildman–Crippen LogP) is 3.64. The summed E-state index contributed by atoms with van der Waals surface area (Å²) in [4.78, 5) is 15.4. The second-order valence-corrected chi connectivity index (χ2v) is 5.27. The molecule has 0 amide bonds. The van der Waals surface area contributed by atoms with E-state index in [-0.39, 0.29) is 11.3 Å². The molecule has 0 atom stereocenters. The highest BCUT2D eigenvalue weighted by molar-refractivity contribution is 5.92. The lowest BCUT2D eigenvalue weighted by atomic mass is 10.2. The van der Waals surface area contributed by atoms with Gasteiger partial charge in [0.15, 0.2) is 0 Å². The number of aromatic hydroxyl groups is 1. The van der Waals surface area contributed by atoms with Crippen LogP contribution in [0.5, 0.6) is 11.5 Å². The summed E-state index contributed by atoms with van der Waals surface area (Å²) in [6.45, 7) is 0. The monoisotopic (exact) mass is 336 g/mol. The van der Waals surface area contributed by atoms with Gasteiger partial charge >= 0.3 is 5.97 Å². The molecular weight excluding hydrogens is 320 g/mol. The Bertz CT molecular complexity index is 927. The second-order valence-electron chi connectivity index (χ2n) is 5.27. The van der Waals surface area contributed by atoms with Crippen LogP contribution in [0.25, 0.3) is 5.69 Å². The fourth-order valence-corrected chi connectivity index (χ4v) is 2.39. The van der Waals surface area contributed by atoms with Gasteiger partial charge in [-0.1, -0.05) is 0 Å². The van der Waals surface area contributed by atoms with Gasteiger partial charge in [-0.25, -0.2) is 4.79 Å². The van der Waals surface area contributed by atoms with Gasteiger partial charge in [-0.3, -0.25) is 4.99 Å². The summed E-state index contributed by atoms with van der Waals surface area (Å²) in [5.74, 6) is -0.708. The van der Waals surface area contributed by atoms with Crippen LogP contribution < -0.4 is 4.74 Å². The number of phenols is 1. The average Bonchev–Trinajstić information content (AvgIpc) is 3.09. The summed E-state index contributed by atoms with van der Waals surface area (Å²) in [5.41, 5.74) is 2.04. The second kappa shape index (κ2) is 6.92. The minimum atomic E-state index is -1.20. The molecule has 0 fully saturated rings. The van der Waals surface area contributed by atoms with Gasteiger partial charge in [0.1, 0.15) is 17.1 Å². The molecule has 0 saturated carbocycles. The number of carboxylic acids is 1. The summed E-state index contributed by atoms with van der Waals surface area (Å²) >= 11 is 0. The van der Waals surface area contributed by atoms with Crippen molar-refractivity contribution in [1.29, 1.82) is 0 Å².